The Labute approximate surface area is 130 Å². The minimum Gasteiger partial charge on any atom is -0.465 e. The van der Waals surface area contributed by atoms with E-state index in [0.29, 0.717) is 12.6 Å². The number of ether oxygens (including phenoxy) is 1. The molecule has 1 unspecified atom stereocenters. The van der Waals surface area contributed by atoms with E-state index in [-0.39, 0.29) is 11.9 Å². The van der Waals surface area contributed by atoms with Crippen LogP contribution >= 0.6 is 11.3 Å². The number of fused-ring (bicyclic) bond motifs is 1. The van der Waals surface area contributed by atoms with E-state index in [1.807, 2.05) is 6.92 Å². The van der Waals surface area contributed by atoms with Gasteiger partial charge in [0.25, 0.3) is 0 Å². The summed E-state index contributed by atoms with van der Waals surface area (Å²) in [6.45, 7) is 2.24. The Morgan fingerprint density at radius 1 is 1.43 bits per heavy atom. The first-order valence-electron chi connectivity index (χ1n) is 7.45. The SMILES string of the molecule is CCOC(=O)C1CCc2sc(NC3CCS(=O)CC3)nc21. The second-order valence-corrected chi connectivity index (χ2v) is 8.22. The van der Waals surface area contributed by atoms with Crippen LogP contribution in [0.2, 0.25) is 0 Å². The van der Waals surface area contributed by atoms with Crippen molar-refractivity contribution < 1.29 is 13.7 Å². The number of aryl methyl sites for hydroxylation is 1. The molecular formula is C14H20N2O3S2. The molecule has 5 nitrogen and oxygen atoms in total. The van der Waals surface area contributed by atoms with E-state index in [1.165, 1.54) is 4.88 Å². The van der Waals surface area contributed by atoms with Crippen LogP contribution in [0.25, 0.3) is 0 Å². The van der Waals surface area contributed by atoms with Crippen molar-refractivity contribution in [2.45, 2.75) is 44.6 Å². The summed E-state index contributed by atoms with van der Waals surface area (Å²) in [6, 6.07) is 0.356. The Morgan fingerprint density at radius 3 is 2.90 bits per heavy atom. The van der Waals surface area contributed by atoms with Gasteiger partial charge in [-0.25, -0.2) is 4.98 Å². The zero-order chi connectivity index (χ0) is 14.8. The molecule has 1 aromatic rings. The fraction of sp³-hybridized carbons (Fsp3) is 0.714. The molecule has 0 bridgehead atoms. The summed E-state index contributed by atoms with van der Waals surface area (Å²) in [6.07, 6.45) is 3.58. The van der Waals surface area contributed by atoms with Gasteiger partial charge in [-0.15, -0.1) is 11.3 Å². The molecule has 2 aliphatic rings. The maximum absolute atomic E-state index is 11.9. The molecule has 0 radical (unpaired) electrons. The summed E-state index contributed by atoms with van der Waals surface area (Å²) in [4.78, 5) is 17.8. The van der Waals surface area contributed by atoms with Crippen molar-refractivity contribution in [3.8, 4) is 0 Å². The molecule has 1 fully saturated rings. The maximum Gasteiger partial charge on any atom is 0.315 e. The van der Waals surface area contributed by atoms with Crippen LogP contribution in [-0.2, 0) is 26.8 Å². The fourth-order valence-corrected chi connectivity index (χ4v) is 5.29. The largest absolute Gasteiger partial charge is 0.465 e. The lowest BCUT2D eigenvalue weighted by molar-refractivity contribution is -0.145. The minimum absolute atomic E-state index is 0.152. The lowest BCUT2D eigenvalue weighted by Gasteiger charge is -2.22. The molecule has 0 spiro atoms. The molecule has 1 N–H and O–H groups in total. The zero-order valence-corrected chi connectivity index (χ0v) is 13.7. The number of carbonyl (C=O) groups is 1. The lowest BCUT2D eigenvalue weighted by Crippen LogP contribution is -2.29. The van der Waals surface area contributed by atoms with E-state index in [0.717, 1.165) is 48.0 Å². The van der Waals surface area contributed by atoms with Crippen molar-refractivity contribution in [1.29, 1.82) is 0 Å². The summed E-state index contributed by atoms with van der Waals surface area (Å²) < 4.78 is 16.5. The van der Waals surface area contributed by atoms with Gasteiger partial charge in [0.15, 0.2) is 5.13 Å². The Morgan fingerprint density at radius 2 is 2.19 bits per heavy atom. The van der Waals surface area contributed by atoms with Gasteiger partial charge >= 0.3 is 5.97 Å². The van der Waals surface area contributed by atoms with E-state index in [9.17, 15) is 9.00 Å². The summed E-state index contributed by atoms with van der Waals surface area (Å²) in [5.74, 6) is 1.20. The number of aromatic nitrogens is 1. The Balaban J connectivity index is 1.66. The first-order valence-corrected chi connectivity index (χ1v) is 9.75. The van der Waals surface area contributed by atoms with E-state index in [4.69, 9.17) is 4.74 Å². The normalized spacial score (nSPS) is 28.1. The third-order valence-electron chi connectivity index (χ3n) is 4.00. The highest BCUT2D eigenvalue weighted by Crippen LogP contribution is 2.39. The monoisotopic (exact) mass is 328 g/mol. The quantitative estimate of drug-likeness (QED) is 0.857. The standard InChI is InChI=1S/C14H20N2O3S2/c1-2-19-13(17)10-3-4-11-12(10)16-14(20-11)15-9-5-7-21(18)8-6-9/h9-10H,2-8H2,1H3,(H,15,16). The number of esters is 1. The molecule has 0 amide bonds. The highest BCUT2D eigenvalue weighted by Gasteiger charge is 2.34. The van der Waals surface area contributed by atoms with Gasteiger partial charge in [-0.1, -0.05) is 0 Å². The van der Waals surface area contributed by atoms with Crippen molar-refractivity contribution in [3.63, 3.8) is 0 Å². The summed E-state index contributed by atoms with van der Waals surface area (Å²) >= 11 is 1.65. The van der Waals surface area contributed by atoms with Gasteiger partial charge in [0, 0.05) is 33.2 Å². The van der Waals surface area contributed by atoms with Crippen LogP contribution in [0, 0.1) is 0 Å². The van der Waals surface area contributed by atoms with E-state index in [2.05, 4.69) is 10.3 Å². The maximum atomic E-state index is 11.9. The van der Waals surface area contributed by atoms with Crippen LogP contribution in [0.4, 0.5) is 5.13 Å². The molecule has 0 saturated carbocycles. The molecule has 1 atom stereocenters. The predicted molar refractivity (Wildman–Crippen MR) is 84.3 cm³/mol. The number of thiazole rings is 1. The van der Waals surface area contributed by atoms with Crippen molar-refractivity contribution in [1.82, 2.24) is 4.98 Å². The van der Waals surface area contributed by atoms with E-state index in [1.54, 1.807) is 11.3 Å². The fourth-order valence-electron chi connectivity index (χ4n) is 2.87. The number of hydrogen-bond acceptors (Lipinski definition) is 6. The molecule has 1 aliphatic heterocycles. The first kappa shape index (κ1) is 15.0. The van der Waals surface area contributed by atoms with Crippen LogP contribution in [0.3, 0.4) is 0 Å². The third kappa shape index (κ3) is 3.29. The van der Waals surface area contributed by atoms with Crippen molar-refractivity contribution >= 4 is 33.2 Å². The molecule has 1 saturated heterocycles. The lowest BCUT2D eigenvalue weighted by atomic mass is 10.1. The number of hydrogen-bond donors (Lipinski definition) is 1. The van der Waals surface area contributed by atoms with Gasteiger partial charge in [-0.05, 0) is 32.6 Å². The molecule has 1 aliphatic carbocycles. The summed E-state index contributed by atoms with van der Waals surface area (Å²) in [5, 5.41) is 4.34. The van der Waals surface area contributed by atoms with Gasteiger partial charge in [-0.3, -0.25) is 9.00 Å². The Bertz CT molecular complexity index is 548. The second-order valence-electron chi connectivity index (χ2n) is 5.44. The zero-order valence-electron chi connectivity index (χ0n) is 12.1. The Kier molecular flexibility index (Phi) is 4.59. The van der Waals surface area contributed by atoms with Crippen LogP contribution in [-0.4, -0.2) is 39.3 Å². The molecular weight excluding hydrogens is 308 g/mol. The number of nitrogens with one attached hydrogen (secondary N) is 1. The number of nitrogens with zero attached hydrogens (tertiary/aromatic N) is 1. The number of anilines is 1. The average Bonchev–Trinajstić information content (AvgIpc) is 3.01. The molecule has 116 valence electrons. The van der Waals surface area contributed by atoms with Crippen LogP contribution in [0.5, 0.6) is 0 Å². The van der Waals surface area contributed by atoms with Crippen LogP contribution in [0.1, 0.15) is 42.7 Å². The highest BCUT2D eigenvalue weighted by molar-refractivity contribution is 7.85. The summed E-state index contributed by atoms with van der Waals surface area (Å²) in [7, 11) is -0.641. The van der Waals surface area contributed by atoms with Gasteiger partial charge in [0.2, 0.25) is 0 Å². The molecule has 21 heavy (non-hydrogen) atoms. The molecule has 7 heteroatoms. The summed E-state index contributed by atoms with van der Waals surface area (Å²) in [5.41, 5.74) is 0.903. The number of rotatable bonds is 4. The third-order valence-corrected chi connectivity index (χ3v) is 6.45. The smallest absolute Gasteiger partial charge is 0.315 e. The second kappa shape index (κ2) is 6.44. The van der Waals surface area contributed by atoms with Crippen molar-refractivity contribution in [3.05, 3.63) is 10.6 Å². The molecule has 0 aromatic carbocycles. The minimum atomic E-state index is -0.641. The van der Waals surface area contributed by atoms with Gasteiger partial charge in [0.1, 0.15) is 5.92 Å². The van der Waals surface area contributed by atoms with Crippen LogP contribution in [0.15, 0.2) is 0 Å². The molecule has 3 rings (SSSR count). The van der Waals surface area contributed by atoms with Crippen molar-refractivity contribution in [2.24, 2.45) is 0 Å². The average molecular weight is 328 g/mol. The van der Waals surface area contributed by atoms with Crippen LogP contribution < -0.4 is 5.32 Å². The van der Waals surface area contributed by atoms with Gasteiger partial charge in [-0.2, -0.15) is 0 Å². The van der Waals surface area contributed by atoms with Gasteiger partial charge in [0.05, 0.1) is 12.3 Å². The van der Waals surface area contributed by atoms with Crippen molar-refractivity contribution in [2.75, 3.05) is 23.4 Å². The molecule has 1 aromatic heterocycles. The van der Waals surface area contributed by atoms with E-state index >= 15 is 0 Å². The molecule has 2 heterocycles. The van der Waals surface area contributed by atoms with E-state index < -0.39 is 10.8 Å². The highest BCUT2D eigenvalue weighted by atomic mass is 32.2. The number of carbonyl (C=O) groups excluding carboxylic acids is 1. The van der Waals surface area contributed by atoms with Gasteiger partial charge < -0.3 is 10.1 Å². The predicted octanol–water partition coefficient (Wildman–Crippen LogP) is 2.06. The Hall–Kier alpha value is -0.950. The first-order chi connectivity index (χ1) is 10.2. The topological polar surface area (TPSA) is 68.3 Å².